The van der Waals surface area contributed by atoms with E-state index in [2.05, 4.69) is 11.4 Å². The average Bonchev–Trinajstić information content (AvgIpc) is 3.22. The van der Waals surface area contributed by atoms with Crippen LogP contribution in [0.1, 0.15) is 27.8 Å². The Morgan fingerprint density at radius 3 is 1.39 bits per heavy atom. The zero-order valence-electron chi connectivity index (χ0n) is 31.1. The molecule has 0 saturated carbocycles. The van der Waals surface area contributed by atoms with Gasteiger partial charge in [0.15, 0.2) is 0 Å². The molecule has 0 aliphatic carbocycles. The highest BCUT2D eigenvalue weighted by Gasteiger charge is 2.44. The molecule has 0 radical (unpaired) electrons. The predicted molar refractivity (Wildman–Crippen MR) is 210 cm³/mol. The Balaban J connectivity index is 1.53. The number of amides is 1. The maximum Gasteiger partial charge on any atom is 0.408 e. The number of carbonyl (C=O) groups is 1. The van der Waals surface area contributed by atoms with Gasteiger partial charge in [0.25, 0.3) is 10.1 Å². The van der Waals surface area contributed by atoms with Crippen molar-refractivity contribution in [1.82, 2.24) is 5.32 Å². The molecule has 0 aromatic heterocycles. The normalized spacial score (nSPS) is 14.1. The standard InChI is InChI=1S/C44H46N2O9S/c1-56(48,49)55-42(40(51-29-35-19-9-3-10-20-35)33-50-28-34-17-7-2-8-18-34)43(53-31-37-23-13-5-14-24-37)41(52-30-36-21-11-4-12-22-36)39(27-45)46-44(47)54-32-38-25-15-6-16-26-38/h2-26,39-43H,28-33H2,1H3,(H,46,47)/t39-,40-,41+,42-,43-/m1/s1. The molecule has 0 bridgehead atoms. The van der Waals surface area contributed by atoms with Crippen molar-refractivity contribution in [1.29, 1.82) is 5.26 Å². The number of ether oxygens (including phenoxy) is 5. The van der Waals surface area contributed by atoms with Crippen LogP contribution in [-0.4, -0.2) is 57.8 Å². The summed E-state index contributed by atoms with van der Waals surface area (Å²) in [5, 5.41) is 13.3. The second-order valence-electron chi connectivity index (χ2n) is 12.9. The number of hydrogen-bond acceptors (Lipinski definition) is 10. The first-order chi connectivity index (χ1) is 27.3. The first kappa shape index (κ1) is 41.8. The Kier molecular flexibility index (Phi) is 16.6. The molecular weight excluding hydrogens is 733 g/mol. The number of alkyl carbamates (subject to hydrolysis) is 1. The van der Waals surface area contributed by atoms with Gasteiger partial charge >= 0.3 is 6.09 Å². The van der Waals surface area contributed by atoms with Gasteiger partial charge in [0.1, 0.15) is 37.1 Å². The number of rotatable bonds is 22. The van der Waals surface area contributed by atoms with Crippen LogP contribution in [-0.2, 0) is 71.0 Å². The summed E-state index contributed by atoms with van der Waals surface area (Å²) >= 11 is 0. The summed E-state index contributed by atoms with van der Waals surface area (Å²) in [6.07, 6.45) is -5.20. The molecule has 292 valence electrons. The summed E-state index contributed by atoms with van der Waals surface area (Å²) in [5.74, 6) is 0. The first-order valence-corrected chi connectivity index (χ1v) is 19.9. The van der Waals surface area contributed by atoms with Crippen molar-refractivity contribution in [3.63, 3.8) is 0 Å². The second-order valence-corrected chi connectivity index (χ2v) is 14.5. The van der Waals surface area contributed by atoms with E-state index in [-0.39, 0.29) is 39.6 Å². The van der Waals surface area contributed by atoms with E-state index in [0.29, 0.717) is 0 Å². The summed E-state index contributed by atoms with van der Waals surface area (Å²) in [7, 11) is -4.22. The highest BCUT2D eigenvalue weighted by molar-refractivity contribution is 7.86. The molecule has 0 fully saturated rings. The molecule has 0 spiro atoms. The van der Waals surface area contributed by atoms with Gasteiger partial charge in [-0.15, -0.1) is 0 Å². The summed E-state index contributed by atoms with van der Waals surface area (Å²) in [6, 6.07) is 47.1. The summed E-state index contributed by atoms with van der Waals surface area (Å²) in [5.41, 5.74) is 3.95. The molecule has 0 heterocycles. The maximum atomic E-state index is 13.3. The van der Waals surface area contributed by atoms with Gasteiger partial charge in [-0.3, -0.25) is 4.18 Å². The van der Waals surface area contributed by atoms with E-state index < -0.39 is 46.7 Å². The highest BCUT2D eigenvalue weighted by Crippen LogP contribution is 2.26. The highest BCUT2D eigenvalue weighted by atomic mass is 32.2. The van der Waals surface area contributed by atoms with Crippen molar-refractivity contribution in [2.24, 2.45) is 0 Å². The second kappa shape index (κ2) is 22.2. The number of nitrogens with zero attached hydrogens (tertiary/aromatic N) is 1. The molecule has 5 aromatic rings. The smallest absolute Gasteiger partial charge is 0.408 e. The predicted octanol–water partition coefficient (Wildman–Crippen LogP) is 7.12. The SMILES string of the molecule is CS(=O)(=O)O[C@@H]([C@H](OCc1ccccc1)[C@@H](OCc1ccccc1)[C@@H](C#N)NC(=O)OCc1ccccc1)[C@@H](COCc1ccccc1)OCc1ccccc1. The topological polar surface area (TPSA) is 142 Å². The van der Waals surface area contributed by atoms with Crippen LogP contribution in [0.25, 0.3) is 0 Å². The van der Waals surface area contributed by atoms with Crippen LogP contribution in [0.4, 0.5) is 4.79 Å². The lowest BCUT2D eigenvalue weighted by Crippen LogP contribution is -2.58. The van der Waals surface area contributed by atoms with Crippen molar-refractivity contribution in [2.75, 3.05) is 12.9 Å². The third kappa shape index (κ3) is 14.4. The lowest BCUT2D eigenvalue weighted by atomic mass is 9.97. The van der Waals surface area contributed by atoms with Crippen LogP contribution in [0.2, 0.25) is 0 Å². The number of carbonyl (C=O) groups excluding carboxylic acids is 1. The van der Waals surface area contributed by atoms with Gasteiger partial charge in [0.2, 0.25) is 0 Å². The molecule has 11 nitrogen and oxygen atoms in total. The van der Waals surface area contributed by atoms with E-state index in [9.17, 15) is 18.5 Å². The zero-order valence-corrected chi connectivity index (χ0v) is 31.9. The molecule has 12 heteroatoms. The minimum atomic E-state index is -4.22. The van der Waals surface area contributed by atoms with Crippen LogP contribution >= 0.6 is 0 Å². The molecule has 5 rings (SSSR count). The van der Waals surface area contributed by atoms with Gasteiger partial charge < -0.3 is 29.0 Å². The molecule has 1 N–H and O–H groups in total. The lowest BCUT2D eigenvalue weighted by Gasteiger charge is -2.38. The molecule has 5 aromatic carbocycles. The molecule has 0 unspecified atom stereocenters. The molecule has 0 aliphatic rings. The van der Waals surface area contributed by atoms with Crippen LogP contribution in [0, 0.1) is 11.3 Å². The zero-order chi connectivity index (χ0) is 39.4. The Morgan fingerprint density at radius 1 is 0.571 bits per heavy atom. The average molecular weight is 779 g/mol. The minimum Gasteiger partial charge on any atom is -0.445 e. The largest absolute Gasteiger partial charge is 0.445 e. The van der Waals surface area contributed by atoms with Gasteiger partial charge in [-0.2, -0.15) is 13.7 Å². The Bertz CT molecular complexity index is 2020. The lowest BCUT2D eigenvalue weighted by molar-refractivity contribution is -0.173. The van der Waals surface area contributed by atoms with E-state index >= 15 is 0 Å². The fourth-order valence-electron chi connectivity index (χ4n) is 5.78. The molecule has 0 aliphatic heterocycles. The van der Waals surface area contributed by atoms with Crippen molar-refractivity contribution in [2.45, 2.75) is 63.5 Å². The number of benzene rings is 5. The van der Waals surface area contributed by atoms with Gasteiger partial charge in [0.05, 0.1) is 45.4 Å². The molecule has 5 atom stereocenters. The van der Waals surface area contributed by atoms with Gasteiger partial charge in [0, 0.05) is 0 Å². The summed E-state index contributed by atoms with van der Waals surface area (Å²) in [6.45, 7) is 0.00622. The van der Waals surface area contributed by atoms with Crippen LogP contribution in [0.3, 0.4) is 0 Å². The first-order valence-electron chi connectivity index (χ1n) is 18.1. The molecule has 0 saturated heterocycles. The number of hydrogen-bond donors (Lipinski definition) is 1. The molecule has 56 heavy (non-hydrogen) atoms. The van der Waals surface area contributed by atoms with Crippen molar-refractivity contribution < 1.29 is 41.1 Å². The summed E-state index contributed by atoms with van der Waals surface area (Å²) in [4.78, 5) is 13.3. The van der Waals surface area contributed by atoms with Crippen molar-refractivity contribution >= 4 is 16.2 Å². The van der Waals surface area contributed by atoms with Crippen molar-refractivity contribution in [3.05, 3.63) is 179 Å². The Morgan fingerprint density at radius 2 is 0.964 bits per heavy atom. The van der Waals surface area contributed by atoms with Crippen molar-refractivity contribution in [3.8, 4) is 6.07 Å². The Labute approximate surface area is 328 Å². The molecule has 1 amide bonds. The van der Waals surface area contributed by atoms with Crippen LogP contribution in [0.15, 0.2) is 152 Å². The molecular formula is C44H46N2O9S. The quantitative estimate of drug-likeness (QED) is 0.0722. The van der Waals surface area contributed by atoms with E-state index in [1.807, 2.05) is 140 Å². The number of nitrogens with one attached hydrogen (secondary N) is 1. The van der Waals surface area contributed by atoms with Gasteiger partial charge in [-0.25, -0.2) is 4.79 Å². The van der Waals surface area contributed by atoms with E-state index in [1.54, 1.807) is 12.1 Å². The fourth-order valence-corrected chi connectivity index (χ4v) is 6.42. The third-order valence-electron chi connectivity index (χ3n) is 8.52. The van der Waals surface area contributed by atoms with Gasteiger partial charge in [-0.05, 0) is 27.8 Å². The Hall–Kier alpha value is -5.39. The monoisotopic (exact) mass is 778 g/mol. The number of nitriles is 1. The fraction of sp³-hybridized carbons (Fsp3) is 0.273. The minimum absolute atomic E-state index is 0.0265. The van der Waals surface area contributed by atoms with Gasteiger partial charge in [-0.1, -0.05) is 152 Å². The summed E-state index contributed by atoms with van der Waals surface area (Å²) < 4.78 is 63.4. The van der Waals surface area contributed by atoms with E-state index in [4.69, 9.17) is 27.9 Å². The van der Waals surface area contributed by atoms with Crippen LogP contribution in [0.5, 0.6) is 0 Å². The maximum absolute atomic E-state index is 13.3. The third-order valence-corrected chi connectivity index (χ3v) is 9.10. The van der Waals surface area contributed by atoms with Crippen LogP contribution < -0.4 is 5.32 Å². The van der Waals surface area contributed by atoms with E-state index in [1.165, 1.54) is 0 Å². The van der Waals surface area contributed by atoms with E-state index in [0.717, 1.165) is 34.1 Å².